The molecule has 0 aliphatic carbocycles. The van der Waals surface area contributed by atoms with Crippen LogP contribution in [0.1, 0.15) is 0 Å². The molecular formula is C19H22N6O. The van der Waals surface area contributed by atoms with Crippen molar-refractivity contribution in [1.82, 2.24) is 20.1 Å². The van der Waals surface area contributed by atoms with Crippen molar-refractivity contribution < 1.29 is 4.74 Å². The number of nitrogen functional groups attached to an aromatic ring is 1. The van der Waals surface area contributed by atoms with Gasteiger partial charge in [0.05, 0.1) is 0 Å². The Balaban J connectivity index is 1.31. The first-order valence-electron chi connectivity index (χ1n) is 8.66. The molecule has 0 amide bonds. The van der Waals surface area contributed by atoms with Gasteiger partial charge in [-0.25, -0.2) is 5.10 Å². The highest BCUT2D eigenvalue weighted by Crippen LogP contribution is 2.21. The van der Waals surface area contributed by atoms with E-state index in [1.807, 2.05) is 18.2 Å². The van der Waals surface area contributed by atoms with E-state index in [9.17, 15) is 0 Å². The summed E-state index contributed by atoms with van der Waals surface area (Å²) in [7, 11) is 0. The highest BCUT2D eigenvalue weighted by Gasteiger charge is 2.20. The van der Waals surface area contributed by atoms with Crippen molar-refractivity contribution >= 4 is 22.7 Å². The van der Waals surface area contributed by atoms with Gasteiger partial charge in [-0.15, -0.1) is 5.10 Å². The van der Waals surface area contributed by atoms with Crippen LogP contribution in [0.25, 0.3) is 10.8 Å². The molecule has 3 N–H and O–H groups in total. The van der Waals surface area contributed by atoms with Crippen LogP contribution in [0.3, 0.4) is 0 Å². The minimum absolute atomic E-state index is 0.343. The summed E-state index contributed by atoms with van der Waals surface area (Å²) in [6.45, 7) is 8.02. The van der Waals surface area contributed by atoms with Crippen LogP contribution in [-0.2, 0) is 0 Å². The Morgan fingerprint density at radius 3 is 2.62 bits per heavy atom. The van der Waals surface area contributed by atoms with Crippen molar-refractivity contribution in [2.45, 2.75) is 0 Å². The summed E-state index contributed by atoms with van der Waals surface area (Å²) in [5.74, 6) is 1.86. The molecule has 1 fully saturated rings. The lowest BCUT2D eigenvalue weighted by atomic mass is 10.1. The van der Waals surface area contributed by atoms with Crippen molar-refractivity contribution in [2.75, 3.05) is 43.4 Å². The largest absolute Gasteiger partial charge is 0.487 e. The number of benzene rings is 2. The minimum atomic E-state index is 0.343. The van der Waals surface area contributed by atoms with Crippen LogP contribution in [0.5, 0.6) is 5.75 Å². The van der Waals surface area contributed by atoms with E-state index in [0.29, 0.717) is 18.5 Å². The highest BCUT2D eigenvalue weighted by molar-refractivity contribution is 5.83. The second-order valence-corrected chi connectivity index (χ2v) is 6.36. The van der Waals surface area contributed by atoms with Gasteiger partial charge in [0.15, 0.2) is 0 Å². The highest BCUT2D eigenvalue weighted by atomic mass is 16.5. The number of nitrogens with zero attached hydrogens (tertiary/aromatic N) is 4. The predicted octanol–water partition coefficient (Wildman–Crippen LogP) is 2.25. The average Bonchev–Trinajstić information content (AvgIpc) is 3.12. The van der Waals surface area contributed by atoms with Crippen LogP contribution in [0.15, 0.2) is 54.7 Å². The molecule has 0 radical (unpaired) electrons. The monoisotopic (exact) mass is 350 g/mol. The van der Waals surface area contributed by atoms with E-state index in [1.165, 1.54) is 10.8 Å². The number of piperazine rings is 1. The number of anilines is 2. The summed E-state index contributed by atoms with van der Waals surface area (Å²) in [6, 6.07) is 14.4. The maximum Gasteiger partial charge on any atom is 0.246 e. The summed E-state index contributed by atoms with van der Waals surface area (Å²) in [4.78, 5) is 8.53. The molecular weight excluding hydrogens is 328 g/mol. The zero-order chi connectivity index (χ0) is 17.9. The fourth-order valence-electron chi connectivity index (χ4n) is 3.14. The Bertz CT molecular complexity index is 913. The van der Waals surface area contributed by atoms with E-state index in [4.69, 9.17) is 10.5 Å². The number of H-pyrrole nitrogens is 1. The molecule has 0 spiro atoms. The van der Waals surface area contributed by atoms with E-state index in [1.54, 1.807) is 0 Å². The first-order valence-corrected chi connectivity index (χ1v) is 8.66. The Morgan fingerprint density at radius 1 is 1.12 bits per heavy atom. The number of aromatic nitrogens is 3. The zero-order valence-corrected chi connectivity index (χ0v) is 14.6. The summed E-state index contributed by atoms with van der Waals surface area (Å²) in [6.07, 6.45) is 0. The molecule has 0 saturated carbocycles. The molecule has 134 valence electrons. The minimum Gasteiger partial charge on any atom is -0.487 e. The lowest BCUT2D eigenvalue weighted by Gasteiger charge is -2.36. The summed E-state index contributed by atoms with van der Waals surface area (Å²) in [5.41, 5.74) is 6.57. The summed E-state index contributed by atoms with van der Waals surface area (Å²) in [5, 5.41) is 9.17. The number of nitrogens with two attached hydrogens (primary N) is 1. The number of aromatic amines is 1. The van der Waals surface area contributed by atoms with Crippen LogP contribution in [0, 0.1) is 0 Å². The molecule has 2 heterocycles. The molecule has 3 aromatic rings. The van der Waals surface area contributed by atoms with E-state index >= 15 is 0 Å². The van der Waals surface area contributed by atoms with Crippen LogP contribution in [-0.4, -0.2) is 52.9 Å². The van der Waals surface area contributed by atoms with Crippen molar-refractivity contribution in [3.63, 3.8) is 0 Å². The first-order chi connectivity index (χ1) is 12.7. The second-order valence-electron chi connectivity index (χ2n) is 6.36. The molecule has 7 heteroatoms. The third kappa shape index (κ3) is 3.42. The van der Waals surface area contributed by atoms with Crippen molar-refractivity contribution in [3.8, 4) is 5.75 Å². The van der Waals surface area contributed by atoms with Gasteiger partial charge in [-0.3, -0.25) is 0 Å². The molecule has 2 aromatic carbocycles. The maximum absolute atomic E-state index is 5.94. The SMILES string of the molecule is C=C(COc1ccc2ccccc2c1)N1CCN(c2n[nH]c(N)n2)CC1. The van der Waals surface area contributed by atoms with Gasteiger partial charge in [0.2, 0.25) is 11.9 Å². The average molecular weight is 350 g/mol. The Morgan fingerprint density at radius 2 is 1.88 bits per heavy atom. The third-order valence-electron chi connectivity index (χ3n) is 4.63. The fourth-order valence-corrected chi connectivity index (χ4v) is 3.14. The van der Waals surface area contributed by atoms with Gasteiger partial charge in [-0.05, 0) is 22.9 Å². The van der Waals surface area contributed by atoms with Crippen molar-refractivity contribution in [1.29, 1.82) is 0 Å². The quantitative estimate of drug-likeness (QED) is 0.734. The maximum atomic E-state index is 5.94. The number of nitrogens with one attached hydrogen (secondary N) is 1. The van der Waals surface area contributed by atoms with E-state index < -0.39 is 0 Å². The topological polar surface area (TPSA) is 83.3 Å². The molecule has 1 saturated heterocycles. The Labute approximate surface area is 152 Å². The van der Waals surface area contributed by atoms with Crippen molar-refractivity contribution in [3.05, 3.63) is 54.7 Å². The van der Waals surface area contributed by atoms with Gasteiger partial charge in [-0.1, -0.05) is 36.9 Å². The molecule has 4 rings (SSSR count). The Hall–Kier alpha value is -3.22. The lowest BCUT2D eigenvalue weighted by Crippen LogP contribution is -2.46. The molecule has 0 atom stereocenters. The molecule has 0 bridgehead atoms. The van der Waals surface area contributed by atoms with E-state index in [-0.39, 0.29) is 0 Å². The second kappa shape index (κ2) is 6.95. The summed E-state index contributed by atoms with van der Waals surface area (Å²) >= 11 is 0. The molecule has 0 unspecified atom stereocenters. The molecule has 1 aliphatic heterocycles. The molecule has 7 nitrogen and oxygen atoms in total. The molecule has 1 aliphatic rings. The fraction of sp³-hybridized carbons (Fsp3) is 0.263. The van der Waals surface area contributed by atoms with Crippen molar-refractivity contribution in [2.24, 2.45) is 0 Å². The van der Waals surface area contributed by atoms with Crippen LogP contribution in [0.2, 0.25) is 0 Å². The number of fused-ring (bicyclic) bond motifs is 1. The number of hydrogen-bond acceptors (Lipinski definition) is 6. The standard InChI is InChI=1S/C19H22N6O/c1-14(13-26-17-7-6-15-4-2-3-5-16(15)12-17)24-8-10-25(11-9-24)19-21-18(20)22-23-19/h2-7,12H,1,8-11,13H2,(H3,20,21,22,23). The number of rotatable bonds is 5. The number of hydrogen-bond donors (Lipinski definition) is 2. The molecule has 1 aromatic heterocycles. The van der Waals surface area contributed by atoms with Gasteiger partial charge < -0.3 is 20.3 Å². The third-order valence-corrected chi connectivity index (χ3v) is 4.63. The van der Waals surface area contributed by atoms with Crippen LogP contribution < -0.4 is 15.4 Å². The first kappa shape index (κ1) is 16.3. The van der Waals surface area contributed by atoms with Gasteiger partial charge in [0.1, 0.15) is 12.4 Å². The normalized spacial score (nSPS) is 14.6. The van der Waals surface area contributed by atoms with Gasteiger partial charge >= 0.3 is 0 Å². The van der Waals surface area contributed by atoms with Gasteiger partial charge in [-0.2, -0.15) is 4.98 Å². The predicted molar refractivity (Wildman–Crippen MR) is 103 cm³/mol. The summed E-state index contributed by atoms with van der Waals surface area (Å²) < 4.78 is 5.94. The number of ether oxygens (including phenoxy) is 1. The Kier molecular flexibility index (Phi) is 4.35. The van der Waals surface area contributed by atoms with Gasteiger partial charge in [0.25, 0.3) is 0 Å². The van der Waals surface area contributed by atoms with Crippen LogP contribution >= 0.6 is 0 Å². The van der Waals surface area contributed by atoms with Crippen LogP contribution in [0.4, 0.5) is 11.9 Å². The lowest BCUT2D eigenvalue weighted by molar-refractivity contribution is 0.256. The van der Waals surface area contributed by atoms with Gasteiger partial charge in [0, 0.05) is 31.9 Å². The zero-order valence-electron chi connectivity index (χ0n) is 14.6. The van der Waals surface area contributed by atoms with E-state index in [0.717, 1.165) is 37.6 Å². The smallest absolute Gasteiger partial charge is 0.246 e. The van der Waals surface area contributed by atoms with E-state index in [2.05, 4.69) is 55.8 Å². The molecule has 26 heavy (non-hydrogen) atoms.